The summed E-state index contributed by atoms with van der Waals surface area (Å²) in [5.74, 6) is -0.536. The molecule has 0 heterocycles. The second kappa shape index (κ2) is 4.17. The van der Waals surface area contributed by atoms with E-state index in [1.54, 1.807) is 6.92 Å². The second-order valence-corrected chi connectivity index (χ2v) is 3.33. The summed E-state index contributed by atoms with van der Waals surface area (Å²) in [5.41, 5.74) is 0. The van der Waals surface area contributed by atoms with Gasteiger partial charge >= 0.3 is 6.11 Å². The van der Waals surface area contributed by atoms with E-state index in [0.29, 0.717) is 12.8 Å². The van der Waals surface area contributed by atoms with Gasteiger partial charge in [0.25, 0.3) is 0 Å². The van der Waals surface area contributed by atoms with Gasteiger partial charge in [0.15, 0.2) is 0 Å². The molecule has 0 aliphatic heterocycles. The first kappa shape index (κ1) is 9.90. The highest BCUT2D eigenvalue weighted by molar-refractivity contribution is 4.72. The molecule has 1 aliphatic rings. The molecule has 0 atom stereocenters. The summed E-state index contributed by atoms with van der Waals surface area (Å²) in [6.07, 6.45) is 1.30. The Bertz CT molecular complexity index is 130. The first-order chi connectivity index (χ1) is 5.67. The van der Waals surface area contributed by atoms with Gasteiger partial charge < -0.3 is 4.74 Å². The molecular formula is C9H16F2O. The Balaban J connectivity index is 2.41. The van der Waals surface area contributed by atoms with Gasteiger partial charge in [-0.05, 0) is 19.8 Å². The monoisotopic (exact) mass is 178 g/mol. The first-order valence-corrected chi connectivity index (χ1v) is 4.68. The predicted octanol–water partition coefficient (Wildman–Crippen LogP) is 3.20. The zero-order chi connectivity index (χ0) is 9.03. The van der Waals surface area contributed by atoms with Crippen molar-refractivity contribution in [1.82, 2.24) is 0 Å². The lowest BCUT2D eigenvalue weighted by atomic mass is 9.88. The summed E-state index contributed by atoms with van der Waals surface area (Å²) in [6.45, 7) is 1.71. The van der Waals surface area contributed by atoms with Crippen molar-refractivity contribution in [2.75, 3.05) is 6.61 Å². The molecule has 1 aliphatic carbocycles. The van der Waals surface area contributed by atoms with E-state index in [1.165, 1.54) is 0 Å². The topological polar surface area (TPSA) is 9.23 Å². The van der Waals surface area contributed by atoms with Crippen LogP contribution in [0.5, 0.6) is 0 Å². The van der Waals surface area contributed by atoms with Crippen molar-refractivity contribution >= 4 is 0 Å². The number of rotatable bonds is 3. The maximum Gasteiger partial charge on any atom is 0.358 e. The summed E-state index contributed by atoms with van der Waals surface area (Å²) in [5, 5.41) is 0. The lowest BCUT2D eigenvalue weighted by Crippen LogP contribution is -2.32. The Hall–Kier alpha value is -0.180. The molecule has 0 unspecified atom stereocenters. The summed E-state index contributed by atoms with van der Waals surface area (Å²) in [6, 6.07) is 0. The lowest BCUT2D eigenvalue weighted by Gasteiger charge is -2.28. The minimum atomic E-state index is -2.88. The van der Waals surface area contributed by atoms with Crippen LogP contribution >= 0.6 is 0 Å². The Kier molecular flexibility index (Phi) is 3.44. The van der Waals surface area contributed by atoms with E-state index >= 15 is 0 Å². The van der Waals surface area contributed by atoms with Gasteiger partial charge in [-0.2, -0.15) is 8.78 Å². The van der Waals surface area contributed by atoms with Gasteiger partial charge in [0, 0.05) is 0 Å². The van der Waals surface area contributed by atoms with E-state index in [-0.39, 0.29) is 6.61 Å². The molecule has 0 amide bonds. The Morgan fingerprint density at radius 1 is 1.25 bits per heavy atom. The van der Waals surface area contributed by atoms with Gasteiger partial charge in [-0.1, -0.05) is 19.3 Å². The molecule has 0 N–H and O–H groups in total. The SMILES string of the molecule is CCOC(F)(F)C1CCCCC1. The highest BCUT2D eigenvalue weighted by Gasteiger charge is 2.40. The smallest absolute Gasteiger partial charge is 0.321 e. The fraction of sp³-hybridized carbons (Fsp3) is 1.00. The molecule has 0 radical (unpaired) electrons. The standard InChI is InChI=1S/C9H16F2O/c1-2-12-9(10,11)8-6-4-3-5-7-8/h8H,2-7H2,1H3. The van der Waals surface area contributed by atoms with Crippen molar-refractivity contribution in [3.05, 3.63) is 0 Å². The van der Waals surface area contributed by atoms with Crippen molar-refractivity contribution in [1.29, 1.82) is 0 Å². The molecule has 3 heteroatoms. The van der Waals surface area contributed by atoms with Crippen LogP contribution in [0.1, 0.15) is 39.0 Å². The first-order valence-electron chi connectivity index (χ1n) is 4.68. The maximum absolute atomic E-state index is 13.1. The molecule has 1 fully saturated rings. The summed E-state index contributed by atoms with van der Waals surface area (Å²) in [7, 11) is 0. The summed E-state index contributed by atoms with van der Waals surface area (Å²) < 4.78 is 30.6. The highest BCUT2D eigenvalue weighted by atomic mass is 19.3. The quantitative estimate of drug-likeness (QED) is 0.644. The number of hydrogen-bond acceptors (Lipinski definition) is 1. The molecule has 1 rings (SSSR count). The molecule has 12 heavy (non-hydrogen) atoms. The van der Waals surface area contributed by atoms with Crippen LogP contribution in [0.4, 0.5) is 8.78 Å². The van der Waals surface area contributed by atoms with Gasteiger partial charge in [0.05, 0.1) is 12.5 Å². The van der Waals surface area contributed by atoms with Gasteiger partial charge in [-0.3, -0.25) is 0 Å². The van der Waals surface area contributed by atoms with Gasteiger partial charge in [0.2, 0.25) is 0 Å². The van der Waals surface area contributed by atoms with Crippen molar-refractivity contribution < 1.29 is 13.5 Å². The molecule has 0 aromatic heterocycles. The fourth-order valence-corrected chi connectivity index (χ4v) is 1.75. The van der Waals surface area contributed by atoms with Crippen molar-refractivity contribution in [2.24, 2.45) is 5.92 Å². The van der Waals surface area contributed by atoms with E-state index in [2.05, 4.69) is 4.74 Å². The molecule has 1 saturated carbocycles. The van der Waals surface area contributed by atoms with Crippen molar-refractivity contribution in [3.8, 4) is 0 Å². The minimum absolute atomic E-state index is 0.101. The van der Waals surface area contributed by atoms with Crippen LogP contribution < -0.4 is 0 Å². The van der Waals surface area contributed by atoms with E-state index in [1.807, 2.05) is 0 Å². The van der Waals surface area contributed by atoms with Crippen LogP contribution in [-0.4, -0.2) is 12.7 Å². The fourth-order valence-electron chi connectivity index (χ4n) is 1.75. The van der Waals surface area contributed by atoms with E-state index in [4.69, 9.17) is 0 Å². The maximum atomic E-state index is 13.1. The Morgan fingerprint density at radius 3 is 2.33 bits per heavy atom. The molecule has 0 saturated heterocycles. The van der Waals surface area contributed by atoms with Crippen molar-refractivity contribution in [3.63, 3.8) is 0 Å². The van der Waals surface area contributed by atoms with Gasteiger partial charge in [-0.25, -0.2) is 0 Å². The van der Waals surface area contributed by atoms with Gasteiger partial charge in [0.1, 0.15) is 0 Å². The van der Waals surface area contributed by atoms with Gasteiger partial charge in [-0.15, -0.1) is 0 Å². The zero-order valence-electron chi connectivity index (χ0n) is 7.48. The van der Waals surface area contributed by atoms with E-state index < -0.39 is 12.0 Å². The lowest BCUT2D eigenvalue weighted by molar-refractivity contribution is -0.273. The summed E-state index contributed by atoms with van der Waals surface area (Å²) in [4.78, 5) is 0. The van der Waals surface area contributed by atoms with Crippen LogP contribution in [-0.2, 0) is 4.74 Å². The van der Waals surface area contributed by atoms with E-state index in [0.717, 1.165) is 19.3 Å². The number of hydrogen-bond donors (Lipinski definition) is 0. The van der Waals surface area contributed by atoms with Crippen LogP contribution in [0.3, 0.4) is 0 Å². The highest BCUT2D eigenvalue weighted by Crippen LogP contribution is 2.37. The summed E-state index contributed by atoms with van der Waals surface area (Å²) >= 11 is 0. The Labute approximate surface area is 72.1 Å². The molecule has 0 spiro atoms. The molecular weight excluding hydrogens is 162 g/mol. The van der Waals surface area contributed by atoms with Crippen LogP contribution in [0.15, 0.2) is 0 Å². The van der Waals surface area contributed by atoms with E-state index in [9.17, 15) is 8.78 Å². The average molecular weight is 178 g/mol. The normalized spacial score (nSPS) is 21.2. The third-order valence-electron chi connectivity index (χ3n) is 2.42. The molecule has 0 aromatic carbocycles. The number of ether oxygens (including phenoxy) is 1. The third-order valence-corrected chi connectivity index (χ3v) is 2.42. The zero-order valence-corrected chi connectivity index (χ0v) is 7.48. The minimum Gasteiger partial charge on any atom is -0.321 e. The van der Waals surface area contributed by atoms with Crippen LogP contribution in [0, 0.1) is 5.92 Å². The molecule has 0 bridgehead atoms. The van der Waals surface area contributed by atoms with Crippen molar-refractivity contribution in [2.45, 2.75) is 45.1 Å². The average Bonchev–Trinajstić information content (AvgIpc) is 2.06. The number of halogens is 2. The third kappa shape index (κ3) is 2.41. The molecule has 72 valence electrons. The second-order valence-electron chi connectivity index (χ2n) is 3.33. The van der Waals surface area contributed by atoms with Crippen LogP contribution in [0.2, 0.25) is 0 Å². The predicted molar refractivity (Wildman–Crippen MR) is 43.1 cm³/mol. The number of alkyl halides is 2. The Morgan fingerprint density at radius 2 is 1.83 bits per heavy atom. The molecule has 1 nitrogen and oxygen atoms in total. The van der Waals surface area contributed by atoms with Crippen LogP contribution in [0.25, 0.3) is 0 Å². The molecule has 0 aromatic rings. The largest absolute Gasteiger partial charge is 0.358 e.